The van der Waals surface area contributed by atoms with Crippen LogP contribution in [0.25, 0.3) is 22.0 Å². The van der Waals surface area contributed by atoms with Gasteiger partial charge in [-0.3, -0.25) is 4.98 Å². The van der Waals surface area contributed by atoms with Gasteiger partial charge in [-0.1, -0.05) is 23.2 Å². The van der Waals surface area contributed by atoms with Crippen LogP contribution in [0, 0.1) is 6.92 Å². The standard InChI is InChI=1S/C13H10BCl2N3S/c1-6-5-17-12(18-6)11-10(19-13(14)20-11)8-3-2-7(15)4-9(8)16/h2-5H,14H2,1H3,(H,17,18). The van der Waals surface area contributed by atoms with Crippen molar-refractivity contribution in [2.45, 2.75) is 6.92 Å². The van der Waals surface area contributed by atoms with Gasteiger partial charge in [0.2, 0.25) is 0 Å². The molecule has 0 fully saturated rings. The number of halogens is 2. The molecule has 0 radical (unpaired) electrons. The van der Waals surface area contributed by atoms with E-state index in [2.05, 4.69) is 15.0 Å². The average Bonchev–Trinajstić information content (AvgIpc) is 2.95. The lowest BCUT2D eigenvalue weighted by atomic mass is 10.1. The summed E-state index contributed by atoms with van der Waals surface area (Å²) < 4.78 is 0. The van der Waals surface area contributed by atoms with E-state index >= 15 is 0 Å². The van der Waals surface area contributed by atoms with Gasteiger partial charge in [-0.05, 0) is 25.1 Å². The summed E-state index contributed by atoms with van der Waals surface area (Å²) in [6.07, 6.45) is 1.87. The molecule has 0 bridgehead atoms. The number of thiazole rings is 1. The molecular formula is C13H10BCl2N3S. The molecule has 100 valence electrons. The summed E-state index contributed by atoms with van der Waals surface area (Å²) in [7, 11) is 1.97. The van der Waals surface area contributed by atoms with E-state index in [4.69, 9.17) is 23.2 Å². The maximum absolute atomic E-state index is 6.29. The van der Waals surface area contributed by atoms with Crippen molar-refractivity contribution in [2.75, 3.05) is 0 Å². The number of nitrogens with one attached hydrogen (secondary N) is 1. The molecule has 0 spiro atoms. The second-order valence-corrected chi connectivity index (χ2v) is 6.47. The molecule has 0 unspecified atom stereocenters. The summed E-state index contributed by atoms with van der Waals surface area (Å²) in [6, 6.07) is 5.43. The van der Waals surface area contributed by atoms with Crippen LogP contribution in [0.2, 0.25) is 10.0 Å². The first-order valence-corrected chi connectivity index (χ1v) is 7.57. The zero-order chi connectivity index (χ0) is 14.3. The van der Waals surface area contributed by atoms with Crippen LogP contribution in [0.15, 0.2) is 24.4 Å². The van der Waals surface area contributed by atoms with Crippen molar-refractivity contribution in [3.63, 3.8) is 0 Å². The molecule has 0 atom stereocenters. The van der Waals surface area contributed by atoms with Gasteiger partial charge < -0.3 is 4.98 Å². The predicted octanol–water partition coefficient (Wildman–Crippen LogP) is 3.07. The minimum atomic E-state index is 0.590. The van der Waals surface area contributed by atoms with Crippen LogP contribution in [0.5, 0.6) is 0 Å². The van der Waals surface area contributed by atoms with Crippen LogP contribution in [0.1, 0.15) is 5.69 Å². The Morgan fingerprint density at radius 3 is 2.70 bits per heavy atom. The molecule has 0 aliphatic heterocycles. The number of aromatic nitrogens is 3. The van der Waals surface area contributed by atoms with Gasteiger partial charge in [0.1, 0.15) is 5.82 Å². The highest BCUT2D eigenvalue weighted by Crippen LogP contribution is 2.36. The van der Waals surface area contributed by atoms with Crippen molar-refractivity contribution < 1.29 is 0 Å². The summed E-state index contributed by atoms with van der Waals surface area (Å²) >= 11 is 13.8. The SMILES string of the molecule is Bc1nc(-c2ccc(Cl)cc2Cl)c(-c2nc(C)c[nH]2)s1. The fourth-order valence-corrected chi connectivity index (χ4v) is 3.37. The zero-order valence-electron chi connectivity index (χ0n) is 10.9. The normalized spacial score (nSPS) is 10.9. The number of aryl methyl sites for hydroxylation is 1. The van der Waals surface area contributed by atoms with E-state index in [0.29, 0.717) is 10.0 Å². The largest absolute Gasteiger partial charge is 0.344 e. The van der Waals surface area contributed by atoms with Gasteiger partial charge in [0, 0.05) is 21.7 Å². The maximum Gasteiger partial charge on any atom is 0.177 e. The summed E-state index contributed by atoms with van der Waals surface area (Å²) in [5, 5.41) is 1.20. The smallest absolute Gasteiger partial charge is 0.177 e. The van der Waals surface area contributed by atoms with E-state index in [1.54, 1.807) is 17.4 Å². The number of hydrogen-bond acceptors (Lipinski definition) is 3. The lowest BCUT2D eigenvalue weighted by molar-refractivity contribution is 1.26. The zero-order valence-corrected chi connectivity index (χ0v) is 13.2. The molecule has 2 aromatic heterocycles. The highest BCUT2D eigenvalue weighted by Gasteiger charge is 2.17. The highest BCUT2D eigenvalue weighted by molar-refractivity contribution is 7.22. The second kappa shape index (κ2) is 5.24. The number of aromatic amines is 1. The van der Waals surface area contributed by atoms with E-state index in [1.807, 2.05) is 33.1 Å². The Labute approximate surface area is 131 Å². The molecule has 1 N–H and O–H groups in total. The molecule has 0 aliphatic carbocycles. The van der Waals surface area contributed by atoms with Crippen LogP contribution in [0.4, 0.5) is 0 Å². The molecule has 0 saturated carbocycles. The number of nitrogens with zero attached hydrogens (tertiary/aromatic N) is 2. The molecule has 1 aromatic carbocycles. The molecule has 0 saturated heterocycles. The Kier molecular flexibility index (Phi) is 3.58. The molecule has 2 heterocycles. The first kappa shape index (κ1) is 13.7. The number of H-pyrrole nitrogens is 1. The molecule has 3 rings (SSSR count). The van der Waals surface area contributed by atoms with E-state index in [1.165, 1.54) is 0 Å². The molecule has 3 nitrogen and oxygen atoms in total. The lowest BCUT2D eigenvalue weighted by Gasteiger charge is -2.04. The minimum absolute atomic E-state index is 0.590. The van der Waals surface area contributed by atoms with Crippen LogP contribution < -0.4 is 4.91 Å². The Bertz CT molecular complexity index is 782. The third-order valence-electron chi connectivity index (χ3n) is 2.84. The van der Waals surface area contributed by atoms with Gasteiger partial charge in [0.25, 0.3) is 0 Å². The van der Waals surface area contributed by atoms with Crippen molar-refractivity contribution >= 4 is 47.3 Å². The van der Waals surface area contributed by atoms with Crippen LogP contribution in [-0.4, -0.2) is 22.8 Å². The van der Waals surface area contributed by atoms with Gasteiger partial charge in [-0.25, -0.2) is 4.98 Å². The van der Waals surface area contributed by atoms with Gasteiger partial charge in [0.05, 0.1) is 21.3 Å². The van der Waals surface area contributed by atoms with Crippen molar-refractivity contribution in [2.24, 2.45) is 0 Å². The van der Waals surface area contributed by atoms with Crippen LogP contribution in [-0.2, 0) is 0 Å². The topological polar surface area (TPSA) is 41.6 Å². The highest BCUT2D eigenvalue weighted by atomic mass is 35.5. The van der Waals surface area contributed by atoms with Crippen LogP contribution >= 0.6 is 34.5 Å². The van der Waals surface area contributed by atoms with Crippen molar-refractivity contribution in [1.29, 1.82) is 0 Å². The number of hydrogen-bond donors (Lipinski definition) is 1. The summed E-state index contributed by atoms with van der Waals surface area (Å²) in [5.41, 5.74) is 2.65. The Morgan fingerprint density at radius 2 is 2.05 bits per heavy atom. The molecule has 0 aliphatic rings. The predicted molar refractivity (Wildman–Crippen MR) is 88.1 cm³/mol. The fraction of sp³-hybridized carbons (Fsp3) is 0.0769. The van der Waals surface area contributed by atoms with Gasteiger partial charge in [-0.15, -0.1) is 11.3 Å². The van der Waals surface area contributed by atoms with Crippen molar-refractivity contribution in [3.8, 4) is 22.0 Å². The van der Waals surface area contributed by atoms with Gasteiger partial charge in [-0.2, -0.15) is 0 Å². The average molecular weight is 322 g/mol. The number of imidazole rings is 1. The minimum Gasteiger partial charge on any atom is -0.344 e. The second-order valence-electron chi connectivity index (χ2n) is 4.43. The molecular weight excluding hydrogens is 312 g/mol. The first-order valence-electron chi connectivity index (χ1n) is 6.00. The van der Waals surface area contributed by atoms with E-state index in [9.17, 15) is 0 Å². The summed E-state index contributed by atoms with van der Waals surface area (Å²) in [6.45, 7) is 1.95. The van der Waals surface area contributed by atoms with E-state index in [0.717, 1.165) is 32.6 Å². The molecule has 7 heteroatoms. The Hall–Kier alpha value is -1.30. The number of rotatable bonds is 2. The maximum atomic E-state index is 6.29. The van der Waals surface area contributed by atoms with E-state index in [-0.39, 0.29) is 0 Å². The van der Waals surface area contributed by atoms with E-state index < -0.39 is 0 Å². The van der Waals surface area contributed by atoms with Crippen LogP contribution in [0.3, 0.4) is 0 Å². The molecule has 0 amide bonds. The summed E-state index contributed by atoms with van der Waals surface area (Å²) in [5.74, 6) is 0.814. The first-order chi connectivity index (χ1) is 9.54. The summed E-state index contributed by atoms with van der Waals surface area (Å²) in [4.78, 5) is 14.2. The van der Waals surface area contributed by atoms with Crippen molar-refractivity contribution in [3.05, 3.63) is 40.1 Å². The monoisotopic (exact) mass is 321 g/mol. The molecule has 3 aromatic rings. The Balaban J connectivity index is 2.19. The fourth-order valence-electron chi connectivity index (χ4n) is 1.98. The molecule has 20 heavy (non-hydrogen) atoms. The lowest BCUT2D eigenvalue weighted by Crippen LogP contribution is -1.98. The third-order valence-corrected chi connectivity index (χ3v) is 4.37. The van der Waals surface area contributed by atoms with Gasteiger partial charge >= 0.3 is 0 Å². The van der Waals surface area contributed by atoms with Crippen molar-refractivity contribution in [1.82, 2.24) is 15.0 Å². The quantitative estimate of drug-likeness (QED) is 0.737. The van der Waals surface area contributed by atoms with Gasteiger partial charge in [0.15, 0.2) is 7.85 Å². The number of benzene rings is 1. The third kappa shape index (κ3) is 2.49. The Morgan fingerprint density at radius 1 is 1.25 bits per heavy atom.